The third-order valence-corrected chi connectivity index (χ3v) is 2.90. The van der Waals surface area contributed by atoms with Crippen LogP contribution in [0.4, 0.5) is 4.79 Å². The Balaban J connectivity index is 3.18. The van der Waals surface area contributed by atoms with E-state index in [-0.39, 0.29) is 11.4 Å². The van der Waals surface area contributed by atoms with Gasteiger partial charge in [-0.05, 0) is 5.75 Å². The van der Waals surface area contributed by atoms with Crippen LogP contribution < -0.4 is 0 Å². The van der Waals surface area contributed by atoms with Gasteiger partial charge in [-0.3, -0.25) is 0 Å². The van der Waals surface area contributed by atoms with E-state index in [1.807, 2.05) is 27.7 Å². The van der Waals surface area contributed by atoms with Gasteiger partial charge in [-0.2, -0.15) is 4.68 Å². The lowest BCUT2D eigenvalue weighted by atomic mass is 9.96. The average molecular weight is 256 g/mol. The molecule has 0 aromatic carbocycles. The molecule has 1 aromatic rings. The second-order valence-corrected chi connectivity index (χ2v) is 6.22. The number of thioether (sulfide) groups is 1. The number of nitrogens with zero attached hydrogens (tertiary/aromatic N) is 4. The molecular weight excluding hydrogens is 236 g/mol. The molecule has 0 atom stereocenters. The molecule has 0 aliphatic rings. The summed E-state index contributed by atoms with van der Waals surface area (Å²) in [6.07, 6.45) is 0. The Morgan fingerprint density at radius 3 is 2.41 bits per heavy atom. The van der Waals surface area contributed by atoms with Crippen LogP contribution in [0, 0.1) is 0 Å². The molecule has 0 radical (unpaired) electrons. The van der Waals surface area contributed by atoms with Crippen LogP contribution in [0.3, 0.4) is 0 Å². The minimum atomic E-state index is -0.163. The van der Waals surface area contributed by atoms with E-state index >= 15 is 0 Å². The van der Waals surface area contributed by atoms with Gasteiger partial charge in [0, 0.05) is 19.5 Å². The Kier molecular flexibility index (Phi) is 4.19. The zero-order valence-corrected chi connectivity index (χ0v) is 12.1. The van der Waals surface area contributed by atoms with Crippen molar-refractivity contribution in [2.75, 3.05) is 19.8 Å². The summed E-state index contributed by atoms with van der Waals surface area (Å²) in [6, 6.07) is -0.163. The van der Waals surface area contributed by atoms with Crippen molar-refractivity contribution in [3.8, 4) is 0 Å². The molecule has 0 saturated carbocycles. The standard InChI is InChI=1S/C11H20N4OS/c1-7-17-9-12-8(11(2,3)4)13-15(9)10(16)14(5)6/h7H2,1-6H3. The van der Waals surface area contributed by atoms with Crippen molar-refractivity contribution in [1.29, 1.82) is 0 Å². The summed E-state index contributed by atoms with van der Waals surface area (Å²) in [5.74, 6) is 1.56. The molecule has 6 heteroatoms. The van der Waals surface area contributed by atoms with Gasteiger partial charge < -0.3 is 4.90 Å². The summed E-state index contributed by atoms with van der Waals surface area (Å²) < 4.78 is 1.38. The first-order valence-electron chi connectivity index (χ1n) is 5.59. The fraction of sp³-hybridized carbons (Fsp3) is 0.727. The number of amides is 1. The number of carbonyl (C=O) groups is 1. The Hall–Kier alpha value is -1.04. The molecule has 1 heterocycles. The molecule has 0 bridgehead atoms. The predicted octanol–water partition coefficient (Wildman–Crippen LogP) is 2.22. The van der Waals surface area contributed by atoms with Crippen LogP contribution >= 0.6 is 11.8 Å². The van der Waals surface area contributed by atoms with E-state index in [4.69, 9.17) is 0 Å². The SMILES string of the molecule is CCSc1nc(C(C)(C)C)nn1C(=O)N(C)C. The van der Waals surface area contributed by atoms with Gasteiger partial charge in [-0.25, -0.2) is 9.78 Å². The van der Waals surface area contributed by atoms with Crippen LogP contribution in [0.1, 0.15) is 33.5 Å². The van der Waals surface area contributed by atoms with Crippen LogP contribution in [0.2, 0.25) is 0 Å². The number of aromatic nitrogens is 3. The van der Waals surface area contributed by atoms with Crippen molar-refractivity contribution >= 4 is 17.8 Å². The molecular formula is C11H20N4OS. The van der Waals surface area contributed by atoms with Crippen molar-refractivity contribution < 1.29 is 4.79 Å². The topological polar surface area (TPSA) is 51.0 Å². The quantitative estimate of drug-likeness (QED) is 0.761. The predicted molar refractivity (Wildman–Crippen MR) is 69.6 cm³/mol. The lowest BCUT2D eigenvalue weighted by Crippen LogP contribution is -2.29. The molecule has 0 aliphatic carbocycles. The van der Waals surface area contributed by atoms with Gasteiger partial charge in [-0.1, -0.05) is 39.5 Å². The van der Waals surface area contributed by atoms with E-state index in [9.17, 15) is 4.79 Å². The molecule has 0 fully saturated rings. The number of rotatable bonds is 2. The van der Waals surface area contributed by atoms with E-state index in [1.165, 1.54) is 21.3 Å². The van der Waals surface area contributed by atoms with Crippen LogP contribution in [-0.4, -0.2) is 45.5 Å². The summed E-state index contributed by atoms with van der Waals surface area (Å²) in [5.41, 5.74) is -0.152. The molecule has 0 spiro atoms. The Labute approximate surface area is 107 Å². The molecule has 1 amide bonds. The molecule has 0 aliphatic heterocycles. The highest BCUT2D eigenvalue weighted by atomic mass is 32.2. The van der Waals surface area contributed by atoms with E-state index in [0.29, 0.717) is 11.0 Å². The molecule has 0 unspecified atom stereocenters. The Bertz CT molecular complexity index is 406. The summed E-state index contributed by atoms with van der Waals surface area (Å²) in [5, 5.41) is 4.98. The minimum Gasteiger partial charge on any atom is -0.329 e. The highest BCUT2D eigenvalue weighted by Gasteiger charge is 2.24. The fourth-order valence-corrected chi connectivity index (χ4v) is 1.80. The molecule has 1 rings (SSSR count). The average Bonchev–Trinajstić information content (AvgIpc) is 2.60. The van der Waals surface area contributed by atoms with Crippen LogP contribution in [0.5, 0.6) is 0 Å². The van der Waals surface area contributed by atoms with E-state index in [0.717, 1.165) is 5.75 Å². The molecule has 0 saturated heterocycles. The summed E-state index contributed by atoms with van der Waals surface area (Å²) >= 11 is 1.53. The normalized spacial score (nSPS) is 11.6. The van der Waals surface area contributed by atoms with Crippen LogP contribution in [0.15, 0.2) is 5.16 Å². The van der Waals surface area contributed by atoms with Gasteiger partial charge in [0.1, 0.15) is 0 Å². The first kappa shape index (κ1) is 14.0. The van der Waals surface area contributed by atoms with Crippen molar-refractivity contribution in [3.05, 3.63) is 5.82 Å². The molecule has 17 heavy (non-hydrogen) atoms. The van der Waals surface area contributed by atoms with Crippen molar-refractivity contribution in [1.82, 2.24) is 19.7 Å². The lowest BCUT2D eigenvalue weighted by molar-refractivity contribution is 0.213. The van der Waals surface area contributed by atoms with Crippen LogP contribution in [-0.2, 0) is 5.41 Å². The fourth-order valence-electron chi connectivity index (χ4n) is 1.15. The van der Waals surface area contributed by atoms with Gasteiger partial charge in [0.25, 0.3) is 0 Å². The smallest absolute Gasteiger partial charge is 0.329 e. The molecule has 1 aromatic heterocycles. The Morgan fingerprint density at radius 2 is 2.00 bits per heavy atom. The second-order valence-electron chi connectivity index (χ2n) is 4.99. The number of carbonyl (C=O) groups excluding carboxylic acids is 1. The first-order valence-corrected chi connectivity index (χ1v) is 6.58. The van der Waals surface area contributed by atoms with E-state index in [1.54, 1.807) is 14.1 Å². The Morgan fingerprint density at radius 1 is 1.41 bits per heavy atom. The monoisotopic (exact) mass is 256 g/mol. The summed E-state index contributed by atoms with van der Waals surface area (Å²) in [4.78, 5) is 17.9. The maximum Gasteiger partial charge on any atom is 0.346 e. The second kappa shape index (κ2) is 5.08. The molecule has 0 N–H and O–H groups in total. The lowest BCUT2D eigenvalue weighted by Gasteiger charge is -2.13. The summed E-state index contributed by atoms with van der Waals surface area (Å²) in [6.45, 7) is 8.13. The van der Waals surface area contributed by atoms with Crippen LogP contribution in [0.25, 0.3) is 0 Å². The van der Waals surface area contributed by atoms with Crippen molar-refractivity contribution in [2.24, 2.45) is 0 Å². The highest BCUT2D eigenvalue weighted by Crippen LogP contribution is 2.23. The summed E-state index contributed by atoms with van der Waals surface area (Å²) in [7, 11) is 3.42. The zero-order valence-electron chi connectivity index (χ0n) is 11.3. The maximum absolute atomic E-state index is 12.0. The highest BCUT2D eigenvalue weighted by molar-refractivity contribution is 7.99. The maximum atomic E-state index is 12.0. The van der Waals surface area contributed by atoms with Crippen molar-refractivity contribution in [3.63, 3.8) is 0 Å². The van der Waals surface area contributed by atoms with Crippen molar-refractivity contribution in [2.45, 2.75) is 38.3 Å². The van der Waals surface area contributed by atoms with Gasteiger partial charge >= 0.3 is 6.03 Å². The van der Waals surface area contributed by atoms with E-state index in [2.05, 4.69) is 10.1 Å². The van der Waals surface area contributed by atoms with E-state index < -0.39 is 0 Å². The first-order chi connectivity index (χ1) is 7.77. The van der Waals surface area contributed by atoms with Gasteiger partial charge in [0.05, 0.1) is 0 Å². The molecule has 96 valence electrons. The third-order valence-electron chi connectivity index (χ3n) is 2.09. The number of hydrogen-bond acceptors (Lipinski definition) is 4. The molecule has 5 nitrogen and oxygen atoms in total. The van der Waals surface area contributed by atoms with Gasteiger partial charge in [0.15, 0.2) is 11.0 Å². The minimum absolute atomic E-state index is 0.152. The largest absolute Gasteiger partial charge is 0.346 e. The third kappa shape index (κ3) is 3.21. The zero-order chi connectivity index (χ0) is 13.2. The number of hydrogen-bond donors (Lipinski definition) is 0. The van der Waals surface area contributed by atoms with Gasteiger partial charge in [-0.15, -0.1) is 5.10 Å². The van der Waals surface area contributed by atoms with Gasteiger partial charge in [0.2, 0.25) is 0 Å².